The van der Waals surface area contributed by atoms with Crippen molar-refractivity contribution < 1.29 is 39.7 Å². The van der Waals surface area contributed by atoms with E-state index in [1.807, 2.05) is 4.98 Å². The summed E-state index contributed by atoms with van der Waals surface area (Å²) in [6.07, 6.45) is -7.51. The van der Waals surface area contributed by atoms with Crippen LogP contribution in [0, 0.1) is 0 Å². The van der Waals surface area contributed by atoms with Crippen LogP contribution in [0.1, 0.15) is 11.9 Å². The fourth-order valence-corrected chi connectivity index (χ4v) is 3.51. The number of aliphatic hydroxyl groups is 5. The summed E-state index contributed by atoms with van der Waals surface area (Å²) in [6.45, 7) is -0.349. The first-order valence-electron chi connectivity index (χ1n) is 9.74. The monoisotopic (exact) mass is 457 g/mol. The van der Waals surface area contributed by atoms with E-state index in [9.17, 15) is 35.1 Å². The molecule has 0 spiro atoms. The van der Waals surface area contributed by atoms with Crippen molar-refractivity contribution in [2.45, 2.75) is 62.3 Å². The molecule has 0 saturated carbocycles. The maximum Gasteiger partial charge on any atom is 0.330 e. The van der Waals surface area contributed by atoms with Crippen molar-refractivity contribution in [2.24, 2.45) is 0 Å². The number of hydrogen-bond donors (Lipinski definition) is 6. The van der Waals surface area contributed by atoms with E-state index in [1.54, 1.807) is 0 Å². The van der Waals surface area contributed by atoms with E-state index in [0.29, 0.717) is 5.69 Å². The minimum absolute atomic E-state index is 0.0205. The van der Waals surface area contributed by atoms with Crippen LogP contribution in [-0.4, -0.2) is 99.6 Å². The van der Waals surface area contributed by atoms with Gasteiger partial charge < -0.3 is 39.7 Å². The molecule has 15 nitrogen and oxygen atoms in total. The van der Waals surface area contributed by atoms with Crippen LogP contribution < -0.4 is 11.2 Å². The van der Waals surface area contributed by atoms with Crippen molar-refractivity contribution in [1.82, 2.24) is 24.5 Å². The highest BCUT2D eigenvalue weighted by molar-refractivity contribution is 4.95. The van der Waals surface area contributed by atoms with E-state index in [-0.39, 0.29) is 19.8 Å². The molecule has 0 aromatic carbocycles. The van der Waals surface area contributed by atoms with Crippen LogP contribution in [0.25, 0.3) is 0 Å². The van der Waals surface area contributed by atoms with Gasteiger partial charge in [-0.05, 0) is 0 Å². The molecule has 2 saturated heterocycles. The molecular formula is C17H23N5O10. The van der Waals surface area contributed by atoms with E-state index >= 15 is 0 Å². The standard InChI is InChI=1S/C17H23N5O10/c23-8-6-31-16(14(28)11(8)25)30-5-7-3-21(20-19-7)4-9-12(26)13(27)15(32-9)22-2-1-10(24)18-17(22)29/h1-3,8-9,11-16,23,25-28H,4-6H2,(H,18,24,29)/t8-,9+,11-,12+,13+,14+,15+,16-/m0/s1. The van der Waals surface area contributed by atoms with E-state index in [2.05, 4.69) is 10.3 Å². The molecule has 2 aromatic rings. The van der Waals surface area contributed by atoms with Crippen molar-refractivity contribution >= 4 is 0 Å². The summed E-state index contributed by atoms with van der Waals surface area (Å²) < 4.78 is 18.4. The van der Waals surface area contributed by atoms with Gasteiger partial charge in [0.2, 0.25) is 0 Å². The van der Waals surface area contributed by atoms with Gasteiger partial charge in [-0.15, -0.1) is 5.10 Å². The van der Waals surface area contributed by atoms with Crippen molar-refractivity contribution in [3.05, 3.63) is 45.0 Å². The minimum Gasteiger partial charge on any atom is -0.388 e. The first-order valence-corrected chi connectivity index (χ1v) is 9.74. The second kappa shape index (κ2) is 9.16. The van der Waals surface area contributed by atoms with Crippen LogP contribution in [0.2, 0.25) is 0 Å². The van der Waals surface area contributed by atoms with E-state index < -0.39 is 60.4 Å². The second-order valence-corrected chi connectivity index (χ2v) is 7.56. The average molecular weight is 457 g/mol. The third-order valence-electron chi connectivity index (χ3n) is 5.27. The van der Waals surface area contributed by atoms with Gasteiger partial charge in [0.05, 0.1) is 26.0 Å². The predicted octanol–water partition coefficient (Wildman–Crippen LogP) is -4.60. The zero-order chi connectivity index (χ0) is 23.0. The summed E-state index contributed by atoms with van der Waals surface area (Å²) in [4.78, 5) is 25.2. The van der Waals surface area contributed by atoms with Gasteiger partial charge in [-0.2, -0.15) is 0 Å². The summed E-state index contributed by atoms with van der Waals surface area (Å²) in [7, 11) is 0. The lowest BCUT2D eigenvalue weighted by Crippen LogP contribution is -2.53. The van der Waals surface area contributed by atoms with Gasteiger partial charge in [-0.3, -0.25) is 14.3 Å². The summed E-state index contributed by atoms with van der Waals surface area (Å²) >= 11 is 0. The normalized spacial score (nSPS) is 35.3. The average Bonchev–Trinajstić information content (AvgIpc) is 3.31. The number of hydrogen-bond acceptors (Lipinski definition) is 12. The Labute approximate surface area is 179 Å². The highest BCUT2D eigenvalue weighted by Gasteiger charge is 2.44. The fraction of sp³-hybridized carbons (Fsp3) is 0.647. The predicted molar refractivity (Wildman–Crippen MR) is 99.8 cm³/mol. The number of nitrogens with zero attached hydrogens (tertiary/aromatic N) is 4. The summed E-state index contributed by atoms with van der Waals surface area (Å²) in [5.74, 6) is 0. The summed E-state index contributed by atoms with van der Waals surface area (Å²) in [6, 6.07) is 1.09. The molecule has 0 amide bonds. The largest absolute Gasteiger partial charge is 0.388 e. The molecule has 4 heterocycles. The molecule has 6 N–H and O–H groups in total. The van der Waals surface area contributed by atoms with Crippen LogP contribution >= 0.6 is 0 Å². The van der Waals surface area contributed by atoms with Gasteiger partial charge in [0.15, 0.2) is 12.5 Å². The molecule has 2 aliphatic heterocycles. The SMILES string of the molecule is O=c1ccn([C@@H]2O[C@H](Cn3cc(CO[C@H]4OC[C@H](O)[C@H](O)[C@H]4O)nn3)[C@@H](O)[C@H]2O)c(=O)[nH]1. The highest BCUT2D eigenvalue weighted by Crippen LogP contribution is 2.29. The van der Waals surface area contributed by atoms with Gasteiger partial charge in [0.25, 0.3) is 5.56 Å². The lowest BCUT2D eigenvalue weighted by atomic mass is 10.1. The van der Waals surface area contributed by atoms with Gasteiger partial charge in [0.1, 0.15) is 42.3 Å². The van der Waals surface area contributed by atoms with Crippen LogP contribution in [0.3, 0.4) is 0 Å². The number of aromatic nitrogens is 5. The summed E-state index contributed by atoms with van der Waals surface area (Å²) in [5, 5.41) is 57.4. The Balaban J connectivity index is 1.36. The Bertz CT molecular complexity index is 1040. The molecule has 176 valence electrons. The van der Waals surface area contributed by atoms with E-state index in [0.717, 1.165) is 16.8 Å². The van der Waals surface area contributed by atoms with Crippen LogP contribution in [-0.2, 0) is 27.4 Å². The molecule has 2 aromatic heterocycles. The third kappa shape index (κ3) is 4.50. The zero-order valence-corrected chi connectivity index (χ0v) is 16.5. The van der Waals surface area contributed by atoms with Crippen molar-refractivity contribution in [1.29, 1.82) is 0 Å². The fourth-order valence-electron chi connectivity index (χ4n) is 3.51. The molecule has 0 aliphatic carbocycles. The number of aromatic amines is 1. The van der Waals surface area contributed by atoms with E-state index in [4.69, 9.17) is 14.2 Å². The van der Waals surface area contributed by atoms with Gasteiger partial charge in [0, 0.05) is 12.3 Å². The lowest BCUT2D eigenvalue weighted by molar-refractivity contribution is -0.273. The quantitative estimate of drug-likeness (QED) is 0.242. The van der Waals surface area contributed by atoms with Crippen molar-refractivity contribution in [2.75, 3.05) is 6.61 Å². The Kier molecular flexibility index (Phi) is 6.50. The lowest BCUT2D eigenvalue weighted by Gasteiger charge is -2.34. The molecule has 8 atom stereocenters. The molecule has 0 bridgehead atoms. The van der Waals surface area contributed by atoms with Crippen LogP contribution in [0.15, 0.2) is 28.0 Å². The summed E-state index contributed by atoms with van der Waals surface area (Å²) in [5.41, 5.74) is -1.06. The van der Waals surface area contributed by atoms with Crippen molar-refractivity contribution in [3.8, 4) is 0 Å². The molecular weight excluding hydrogens is 434 g/mol. The topological polar surface area (TPSA) is 214 Å². The Morgan fingerprint density at radius 2 is 1.91 bits per heavy atom. The van der Waals surface area contributed by atoms with Crippen LogP contribution in [0.5, 0.6) is 0 Å². The third-order valence-corrected chi connectivity index (χ3v) is 5.27. The molecule has 0 radical (unpaired) electrons. The van der Waals surface area contributed by atoms with Gasteiger partial charge >= 0.3 is 5.69 Å². The number of rotatable bonds is 6. The number of aliphatic hydroxyl groups excluding tert-OH is 5. The zero-order valence-electron chi connectivity index (χ0n) is 16.5. The van der Waals surface area contributed by atoms with Crippen molar-refractivity contribution in [3.63, 3.8) is 0 Å². The first-order chi connectivity index (χ1) is 15.2. The Morgan fingerprint density at radius 1 is 1.12 bits per heavy atom. The van der Waals surface area contributed by atoms with Gasteiger partial charge in [-0.25, -0.2) is 9.48 Å². The maximum absolute atomic E-state index is 11.9. The smallest absolute Gasteiger partial charge is 0.330 e. The first kappa shape index (κ1) is 22.7. The Hall–Kier alpha value is -2.50. The highest BCUT2D eigenvalue weighted by atomic mass is 16.7. The molecule has 0 unspecified atom stereocenters. The number of nitrogens with one attached hydrogen (secondary N) is 1. The Morgan fingerprint density at radius 3 is 2.66 bits per heavy atom. The maximum atomic E-state index is 11.9. The minimum atomic E-state index is -1.44. The molecule has 2 aliphatic rings. The van der Waals surface area contributed by atoms with Gasteiger partial charge in [-0.1, -0.05) is 5.21 Å². The second-order valence-electron chi connectivity index (χ2n) is 7.56. The molecule has 15 heteroatoms. The molecule has 2 fully saturated rings. The molecule has 32 heavy (non-hydrogen) atoms. The number of ether oxygens (including phenoxy) is 3. The van der Waals surface area contributed by atoms with E-state index in [1.165, 1.54) is 10.9 Å². The number of H-pyrrole nitrogens is 1. The molecule has 4 rings (SSSR count). The van der Waals surface area contributed by atoms with Crippen LogP contribution in [0.4, 0.5) is 0 Å².